The molecule has 2 nitrogen and oxygen atoms in total. The van der Waals surface area contributed by atoms with Crippen LogP contribution in [0.3, 0.4) is 0 Å². The highest BCUT2D eigenvalue weighted by Crippen LogP contribution is 2.30. The van der Waals surface area contributed by atoms with Gasteiger partial charge in [0.1, 0.15) is 0 Å². The summed E-state index contributed by atoms with van der Waals surface area (Å²) in [5, 5.41) is 0. The van der Waals surface area contributed by atoms with E-state index in [2.05, 4.69) is 6.92 Å². The molecule has 0 aliphatic heterocycles. The van der Waals surface area contributed by atoms with Crippen molar-refractivity contribution in [1.29, 1.82) is 0 Å². The van der Waals surface area contributed by atoms with Gasteiger partial charge in [-0.2, -0.15) is 0 Å². The number of methoxy groups -OCH3 is 1. The molecule has 0 spiro atoms. The topological polar surface area (TPSA) is 35.2 Å². The molecule has 0 amide bonds. The summed E-state index contributed by atoms with van der Waals surface area (Å²) in [5.74, 6) is 0.736. The summed E-state index contributed by atoms with van der Waals surface area (Å²) >= 11 is 0. The fourth-order valence-corrected chi connectivity index (χ4v) is 1.72. The van der Waals surface area contributed by atoms with Gasteiger partial charge in [-0.15, -0.1) is 0 Å². The first kappa shape index (κ1) is 9.01. The predicted molar refractivity (Wildman–Crippen MR) is 46.4 cm³/mol. The molecule has 1 fully saturated rings. The van der Waals surface area contributed by atoms with E-state index >= 15 is 0 Å². The highest BCUT2D eigenvalue weighted by Gasteiger charge is 2.29. The predicted octanol–water partition coefficient (Wildman–Crippen LogP) is 1.54. The van der Waals surface area contributed by atoms with Crippen LogP contribution in [0.1, 0.15) is 32.6 Å². The van der Waals surface area contributed by atoms with E-state index in [0.29, 0.717) is 0 Å². The molecule has 2 unspecified atom stereocenters. The maximum atomic E-state index is 6.02. The van der Waals surface area contributed by atoms with Gasteiger partial charge >= 0.3 is 0 Å². The van der Waals surface area contributed by atoms with Gasteiger partial charge in [-0.1, -0.05) is 13.3 Å². The molecular formula is C9H19NO. The molecule has 0 saturated heterocycles. The molecule has 2 atom stereocenters. The van der Waals surface area contributed by atoms with Gasteiger partial charge in [0.2, 0.25) is 0 Å². The van der Waals surface area contributed by atoms with Crippen LogP contribution >= 0.6 is 0 Å². The van der Waals surface area contributed by atoms with Crippen molar-refractivity contribution in [2.75, 3.05) is 7.11 Å². The van der Waals surface area contributed by atoms with E-state index in [9.17, 15) is 0 Å². The minimum atomic E-state index is 0.277. The SMILES string of the molecule is CCC(OC)C(N)C1CCC1. The Hall–Kier alpha value is -0.0800. The monoisotopic (exact) mass is 157 g/mol. The Kier molecular flexibility index (Phi) is 3.34. The van der Waals surface area contributed by atoms with Crippen LogP contribution in [-0.4, -0.2) is 19.3 Å². The molecule has 1 aliphatic carbocycles. The third kappa shape index (κ3) is 1.94. The molecule has 2 heteroatoms. The van der Waals surface area contributed by atoms with Crippen LogP contribution in [0.5, 0.6) is 0 Å². The average molecular weight is 157 g/mol. The largest absolute Gasteiger partial charge is 0.380 e. The first-order valence-corrected chi connectivity index (χ1v) is 4.58. The Balaban J connectivity index is 2.30. The van der Waals surface area contributed by atoms with E-state index < -0.39 is 0 Å². The molecule has 11 heavy (non-hydrogen) atoms. The fourth-order valence-electron chi connectivity index (χ4n) is 1.72. The van der Waals surface area contributed by atoms with Crippen molar-refractivity contribution in [3.63, 3.8) is 0 Å². The number of hydrogen-bond acceptors (Lipinski definition) is 2. The molecular weight excluding hydrogens is 138 g/mol. The third-order valence-electron chi connectivity index (χ3n) is 2.83. The van der Waals surface area contributed by atoms with Gasteiger partial charge in [0.15, 0.2) is 0 Å². The van der Waals surface area contributed by atoms with Crippen molar-refractivity contribution >= 4 is 0 Å². The van der Waals surface area contributed by atoms with E-state index in [1.807, 2.05) is 0 Å². The van der Waals surface area contributed by atoms with Crippen molar-refractivity contribution in [1.82, 2.24) is 0 Å². The second-order valence-electron chi connectivity index (χ2n) is 3.45. The zero-order valence-corrected chi connectivity index (χ0v) is 7.55. The lowest BCUT2D eigenvalue weighted by Gasteiger charge is -2.35. The maximum absolute atomic E-state index is 6.02. The third-order valence-corrected chi connectivity index (χ3v) is 2.83. The molecule has 1 rings (SSSR count). The second-order valence-corrected chi connectivity index (χ2v) is 3.45. The smallest absolute Gasteiger partial charge is 0.0722 e. The highest BCUT2D eigenvalue weighted by molar-refractivity contribution is 4.85. The molecule has 0 aromatic heterocycles. The van der Waals surface area contributed by atoms with Gasteiger partial charge in [-0.25, -0.2) is 0 Å². The van der Waals surface area contributed by atoms with Gasteiger partial charge in [-0.3, -0.25) is 0 Å². The van der Waals surface area contributed by atoms with Gasteiger partial charge in [0.05, 0.1) is 6.10 Å². The molecule has 1 aliphatic rings. The van der Waals surface area contributed by atoms with E-state index in [1.165, 1.54) is 19.3 Å². The quantitative estimate of drug-likeness (QED) is 0.672. The molecule has 0 aromatic carbocycles. The first-order valence-electron chi connectivity index (χ1n) is 4.58. The molecule has 2 N–H and O–H groups in total. The Morgan fingerprint density at radius 1 is 1.55 bits per heavy atom. The molecule has 0 radical (unpaired) electrons. The van der Waals surface area contributed by atoms with Crippen LogP contribution in [-0.2, 0) is 4.74 Å². The number of rotatable bonds is 4. The molecule has 66 valence electrons. The Bertz CT molecular complexity index is 108. The zero-order chi connectivity index (χ0) is 8.27. The van der Waals surface area contributed by atoms with Crippen LogP contribution in [0.15, 0.2) is 0 Å². The van der Waals surface area contributed by atoms with Crippen LogP contribution in [0.2, 0.25) is 0 Å². The van der Waals surface area contributed by atoms with Gasteiger partial charge < -0.3 is 10.5 Å². The summed E-state index contributed by atoms with van der Waals surface area (Å²) in [5.41, 5.74) is 6.02. The Morgan fingerprint density at radius 2 is 2.18 bits per heavy atom. The fraction of sp³-hybridized carbons (Fsp3) is 1.00. The lowest BCUT2D eigenvalue weighted by molar-refractivity contribution is 0.0428. The summed E-state index contributed by atoms with van der Waals surface area (Å²) in [6.45, 7) is 2.13. The number of hydrogen-bond donors (Lipinski definition) is 1. The summed E-state index contributed by atoms with van der Waals surface area (Å²) in [6.07, 6.45) is 5.29. The summed E-state index contributed by atoms with van der Waals surface area (Å²) in [4.78, 5) is 0. The first-order chi connectivity index (χ1) is 5.29. The van der Waals surface area contributed by atoms with Crippen molar-refractivity contribution in [2.24, 2.45) is 11.7 Å². The number of nitrogens with two attached hydrogens (primary N) is 1. The van der Waals surface area contributed by atoms with E-state index in [-0.39, 0.29) is 12.1 Å². The zero-order valence-electron chi connectivity index (χ0n) is 7.55. The van der Waals surface area contributed by atoms with E-state index in [0.717, 1.165) is 12.3 Å². The summed E-state index contributed by atoms with van der Waals surface area (Å²) < 4.78 is 5.29. The maximum Gasteiger partial charge on any atom is 0.0722 e. The van der Waals surface area contributed by atoms with Gasteiger partial charge in [-0.05, 0) is 25.2 Å². The molecule has 0 aromatic rings. The van der Waals surface area contributed by atoms with Crippen LogP contribution in [0.25, 0.3) is 0 Å². The summed E-state index contributed by atoms with van der Waals surface area (Å²) in [6, 6.07) is 0.277. The highest BCUT2D eigenvalue weighted by atomic mass is 16.5. The van der Waals surface area contributed by atoms with Crippen LogP contribution in [0.4, 0.5) is 0 Å². The minimum absolute atomic E-state index is 0.277. The van der Waals surface area contributed by atoms with Crippen LogP contribution in [0, 0.1) is 5.92 Å². The van der Waals surface area contributed by atoms with Gasteiger partial charge in [0.25, 0.3) is 0 Å². The molecule has 0 heterocycles. The van der Waals surface area contributed by atoms with Crippen molar-refractivity contribution < 1.29 is 4.74 Å². The van der Waals surface area contributed by atoms with Crippen molar-refractivity contribution in [3.05, 3.63) is 0 Å². The minimum Gasteiger partial charge on any atom is -0.380 e. The van der Waals surface area contributed by atoms with Gasteiger partial charge in [0, 0.05) is 13.2 Å². The lowest BCUT2D eigenvalue weighted by Crippen LogP contribution is -2.44. The average Bonchev–Trinajstić information content (AvgIpc) is 1.86. The Morgan fingerprint density at radius 3 is 2.45 bits per heavy atom. The van der Waals surface area contributed by atoms with E-state index in [1.54, 1.807) is 7.11 Å². The number of ether oxygens (including phenoxy) is 1. The molecule has 0 bridgehead atoms. The second kappa shape index (κ2) is 4.07. The van der Waals surface area contributed by atoms with E-state index in [4.69, 9.17) is 10.5 Å². The van der Waals surface area contributed by atoms with Crippen LogP contribution < -0.4 is 5.73 Å². The van der Waals surface area contributed by atoms with Crippen molar-refractivity contribution in [2.45, 2.75) is 44.8 Å². The van der Waals surface area contributed by atoms with Crippen molar-refractivity contribution in [3.8, 4) is 0 Å². The normalized spacial score (nSPS) is 24.3. The standard InChI is InChI=1S/C9H19NO/c1-3-8(11-2)9(10)7-5-4-6-7/h7-9H,3-6,10H2,1-2H3. The lowest BCUT2D eigenvalue weighted by atomic mass is 9.78. The Labute approximate surface area is 69.1 Å². The summed E-state index contributed by atoms with van der Waals surface area (Å²) in [7, 11) is 1.76. The molecule has 1 saturated carbocycles.